The average molecular weight is 309 g/mol. The Labute approximate surface area is 130 Å². The third-order valence-corrected chi connectivity index (χ3v) is 4.31. The summed E-state index contributed by atoms with van der Waals surface area (Å²) in [6, 6.07) is 5.43. The first-order valence-electron chi connectivity index (χ1n) is 7.30. The minimum atomic E-state index is -0.596. The topological polar surface area (TPSA) is 49.4 Å². The molecule has 0 bridgehead atoms. The van der Waals surface area contributed by atoms with Crippen LogP contribution in [0.5, 0.6) is 0 Å². The normalized spacial score (nSPS) is 22.0. The number of hydrogen-bond acceptors (Lipinski definition) is 2. The molecule has 0 aliphatic carbocycles. The van der Waals surface area contributed by atoms with Gasteiger partial charge in [0, 0.05) is 22.8 Å². The molecule has 4 nitrogen and oxygen atoms in total. The number of carbonyl (C=O) groups excluding carboxylic acids is 2. The standard InChI is InChI=1S/C16H21ClN2O2/c1-10-7-8-13(17)9-14(10)18-15(20)16(21)19-11(2)5-4-6-12(19)3/h7-9,11-12H,4-6H2,1-3H3,(H,18,20). The van der Waals surface area contributed by atoms with Gasteiger partial charge in [0.2, 0.25) is 0 Å². The van der Waals surface area contributed by atoms with Crippen LogP contribution in [0.25, 0.3) is 0 Å². The highest BCUT2D eigenvalue weighted by atomic mass is 35.5. The highest BCUT2D eigenvalue weighted by molar-refractivity contribution is 6.40. The number of likely N-dealkylation sites (tertiary alicyclic amines) is 1. The summed E-state index contributed by atoms with van der Waals surface area (Å²) in [5, 5.41) is 3.21. The zero-order valence-electron chi connectivity index (χ0n) is 12.6. The summed E-state index contributed by atoms with van der Waals surface area (Å²) in [4.78, 5) is 26.3. The van der Waals surface area contributed by atoms with E-state index in [0.717, 1.165) is 24.8 Å². The number of nitrogens with zero attached hydrogens (tertiary/aromatic N) is 1. The van der Waals surface area contributed by atoms with E-state index in [-0.39, 0.29) is 12.1 Å². The van der Waals surface area contributed by atoms with Crippen molar-refractivity contribution < 1.29 is 9.59 Å². The van der Waals surface area contributed by atoms with E-state index in [1.165, 1.54) is 0 Å². The van der Waals surface area contributed by atoms with Crippen LogP contribution >= 0.6 is 11.6 Å². The first-order valence-corrected chi connectivity index (χ1v) is 7.67. The van der Waals surface area contributed by atoms with E-state index < -0.39 is 11.8 Å². The molecule has 0 saturated carbocycles. The van der Waals surface area contributed by atoms with Crippen LogP contribution in [0.3, 0.4) is 0 Å². The number of anilines is 1. The van der Waals surface area contributed by atoms with Crippen molar-refractivity contribution in [2.24, 2.45) is 0 Å². The Balaban J connectivity index is 2.12. The lowest BCUT2D eigenvalue weighted by Gasteiger charge is -2.38. The third-order valence-electron chi connectivity index (χ3n) is 4.07. The third kappa shape index (κ3) is 3.56. The van der Waals surface area contributed by atoms with Gasteiger partial charge < -0.3 is 10.2 Å². The first kappa shape index (κ1) is 15.8. The smallest absolute Gasteiger partial charge is 0.313 e. The van der Waals surface area contributed by atoms with Gasteiger partial charge in [-0.15, -0.1) is 0 Å². The van der Waals surface area contributed by atoms with E-state index in [1.807, 2.05) is 26.8 Å². The lowest BCUT2D eigenvalue weighted by Crippen LogP contribution is -2.51. The van der Waals surface area contributed by atoms with Crippen LogP contribution in [0.1, 0.15) is 38.7 Å². The molecule has 114 valence electrons. The minimum Gasteiger partial charge on any atom is -0.329 e. The van der Waals surface area contributed by atoms with Crippen LogP contribution in [0, 0.1) is 6.92 Å². The molecule has 1 saturated heterocycles. The van der Waals surface area contributed by atoms with Gasteiger partial charge >= 0.3 is 11.8 Å². The Morgan fingerprint density at radius 3 is 2.48 bits per heavy atom. The van der Waals surface area contributed by atoms with Crippen LogP contribution in [-0.2, 0) is 9.59 Å². The lowest BCUT2D eigenvalue weighted by molar-refractivity contribution is -0.147. The Morgan fingerprint density at radius 2 is 1.86 bits per heavy atom. The quantitative estimate of drug-likeness (QED) is 0.809. The van der Waals surface area contributed by atoms with Crippen LogP contribution < -0.4 is 5.32 Å². The first-order chi connectivity index (χ1) is 9.90. The van der Waals surface area contributed by atoms with E-state index >= 15 is 0 Å². The van der Waals surface area contributed by atoms with Gasteiger partial charge in [0.25, 0.3) is 0 Å². The zero-order chi connectivity index (χ0) is 15.6. The molecule has 1 aliphatic heterocycles. The summed E-state index contributed by atoms with van der Waals surface area (Å²) >= 11 is 5.93. The van der Waals surface area contributed by atoms with Gasteiger partial charge in [0.1, 0.15) is 0 Å². The van der Waals surface area contributed by atoms with Crippen molar-refractivity contribution in [3.05, 3.63) is 28.8 Å². The fraction of sp³-hybridized carbons (Fsp3) is 0.500. The summed E-state index contributed by atoms with van der Waals surface area (Å²) in [6.45, 7) is 5.85. The van der Waals surface area contributed by atoms with Crippen molar-refractivity contribution in [2.75, 3.05) is 5.32 Å². The average Bonchev–Trinajstić information content (AvgIpc) is 2.42. The molecule has 1 aromatic rings. The second-order valence-electron chi connectivity index (χ2n) is 5.75. The molecule has 2 rings (SSSR count). The molecular formula is C16H21ClN2O2. The molecule has 1 aliphatic rings. The largest absolute Gasteiger partial charge is 0.329 e. The minimum absolute atomic E-state index is 0.104. The lowest BCUT2D eigenvalue weighted by atomic mass is 9.97. The number of aryl methyl sites for hydroxylation is 1. The van der Waals surface area contributed by atoms with Gasteiger partial charge in [0.05, 0.1) is 0 Å². The maximum Gasteiger partial charge on any atom is 0.313 e. The van der Waals surface area contributed by atoms with Crippen molar-refractivity contribution in [3.8, 4) is 0 Å². The van der Waals surface area contributed by atoms with E-state index in [2.05, 4.69) is 5.32 Å². The predicted octanol–water partition coefficient (Wildman–Crippen LogP) is 3.38. The van der Waals surface area contributed by atoms with Crippen LogP contribution in [-0.4, -0.2) is 28.8 Å². The number of carbonyl (C=O) groups is 2. The molecule has 2 atom stereocenters. The predicted molar refractivity (Wildman–Crippen MR) is 84.4 cm³/mol. The number of rotatable bonds is 1. The highest BCUT2D eigenvalue weighted by Gasteiger charge is 2.32. The number of halogens is 1. The molecule has 0 spiro atoms. The fourth-order valence-electron chi connectivity index (χ4n) is 2.84. The molecule has 1 aromatic carbocycles. The SMILES string of the molecule is Cc1ccc(Cl)cc1NC(=O)C(=O)N1C(C)CCCC1C. The summed E-state index contributed by atoms with van der Waals surface area (Å²) in [6.07, 6.45) is 2.99. The van der Waals surface area contributed by atoms with Gasteiger partial charge in [-0.3, -0.25) is 9.59 Å². The molecule has 1 heterocycles. The van der Waals surface area contributed by atoms with Gasteiger partial charge in [0.15, 0.2) is 0 Å². The second-order valence-corrected chi connectivity index (χ2v) is 6.19. The summed E-state index contributed by atoms with van der Waals surface area (Å²) in [7, 11) is 0. The second kappa shape index (κ2) is 6.48. The van der Waals surface area contributed by atoms with Crippen LogP contribution in [0.2, 0.25) is 5.02 Å². The van der Waals surface area contributed by atoms with Gasteiger partial charge in [-0.2, -0.15) is 0 Å². The molecule has 5 heteroatoms. The molecule has 1 fully saturated rings. The Bertz CT molecular complexity index is 549. The Hall–Kier alpha value is -1.55. The van der Waals surface area contributed by atoms with Crippen molar-refractivity contribution in [3.63, 3.8) is 0 Å². The molecule has 0 radical (unpaired) electrons. The fourth-order valence-corrected chi connectivity index (χ4v) is 3.02. The van der Waals surface area contributed by atoms with E-state index in [1.54, 1.807) is 17.0 Å². The maximum atomic E-state index is 12.4. The number of piperidine rings is 1. The maximum absolute atomic E-state index is 12.4. The summed E-state index contributed by atoms with van der Waals surface area (Å²) < 4.78 is 0. The van der Waals surface area contributed by atoms with Crippen LogP contribution in [0.4, 0.5) is 5.69 Å². The van der Waals surface area contributed by atoms with Crippen molar-refractivity contribution in [1.82, 2.24) is 4.90 Å². The van der Waals surface area contributed by atoms with Crippen molar-refractivity contribution >= 4 is 29.1 Å². The molecular weight excluding hydrogens is 288 g/mol. The Morgan fingerprint density at radius 1 is 1.24 bits per heavy atom. The molecule has 2 amide bonds. The molecule has 2 unspecified atom stereocenters. The summed E-state index contributed by atoms with van der Waals surface area (Å²) in [5.74, 6) is -1.06. The van der Waals surface area contributed by atoms with E-state index in [4.69, 9.17) is 11.6 Å². The molecule has 0 aromatic heterocycles. The van der Waals surface area contributed by atoms with E-state index in [0.29, 0.717) is 10.7 Å². The number of amides is 2. The van der Waals surface area contributed by atoms with Crippen LogP contribution in [0.15, 0.2) is 18.2 Å². The highest BCUT2D eigenvalue weighted by Crippen LogP contribution is 2.24. The van der Waals surface area contributed by atoms with Gasteiger partial charge in [-0.1, -0.05) is 17.7 Å². The number of hydrogen-bond donors (Lipinski definition) is 1. The van der Waals surface area contributed by atoms with E-state index in [9.17, 15) is 9.59 Å². The van der Waals surface area contributed by atoms with Gasteiger partial charge in [-0.25, -0.2) is 0 Å². The molecule has 21 heavy (non-hydrogen) atoms. The van der Waals surface area contributed by atoms with Crippen molar-refractivity contribution in [2.45, 2.75) is 52.1 Å². The van der Waals surface area contributed by atoms with Crippen molar-refractivity contribution in [1.29, 1.82) is 0 Å². The Kier molecular flexibility index (Phi) is 4.88. The number of benzene rings is 1. The monoisotopic (exact) mass is 308 g/mol. The van der Waals surface area contributed by atoms with Gasteiger partial charge in [-0.05, 0) is 57.7 Å². The summed E-state index contributed by atoms with van der Waals surface area (Å²) in [5.41, 5.74) is 1.46. The molecule has 1 N–H and O–H groups in total. The number of nitrogens with one attached hydrogen (secondary N) is 1. The zero-order valence-corrected chi connectivity index (χ0v) is 13.4.